The molecule has 7 heteroatoms. The smallest absolute Gasteiger partial charge is 0.356 e. The van der Waals surface area contributed by atoms with Crippen LogP contribution in [0.1, 0.15) is 0 Å². The van der Waals surface area contributed by atoms with Crippen molar-refractivity contribution in [1.82, 2.24) is 0 Å². The molecule has 3 N–H and O–H groups in total. The Morgan fingerprint density at radius 3 is 2.23 bits per heavy atom. The highest BCUT2D eigenvalue weighted by atomic mass is 16.4. The maximum Gasteiger partial charge on any atom is 0.356 e. The second-order valence-electron chi connectivity index (χ2n) is 2.26. The standard InChI is InChI=1S/C6H6N2O5/c9-2-1-7-3(5(10)11)4(8-2)6(12)13/h2,9H,1H2,(H,10,11)(H,12,13). The van der Waals surface area contributed by atoms with Crippen molar-refractivity contribution >= 4 is 23.4 Å². The van der Waals surface area contributed by atoms with E-state index in [4.69, 9.17) is 15.3 Å². The van der Waals surface area contributed by atoms with Crippen molar-refractivity contribution in [1.29, 1.82) is 0 Å². The lowest BCUT2D eigenvalue weighted by atomic mass is 10.2. The minimum absolute atomic E-state index is 0.224. The molecule has 70 valence electrons. The lowest BCUT2D eigenvalue weighted by molar-refractivity contribution is -0.131. The summed E-state index contributed by atoms with van der Waals surface area (Å²) in [6.07, 6.45) is -1.27. The largest absolute Gasteiger partial charge is 0.476 e. The van der Waals surface area contributed by atoms with E-state index < -0.39 is 29.6 Å². The van der Waals surface area contributed by atoms with Crippen LogP contribution in [0, 0.1) is 0 Å². The quantitative estimate of drug-likeness (QED) is 0.478. The SMILES string of the molecule is O=C(O)C1=NCC(O)N=C1C(=O)O. The highest BCUT2D eigenvalue weighted by Gasteiger charge is 2.27. The van der Waals surface area contributed by atoms with Gasteiger partial charge in [0.1, 0.15) is 0 Å². The number of carbonyl (C=O) groups is 2. The average molecular weight is 186 g/mol. The zero-order valence-electron chi connectivity index (χ0n) is 6.34. The van der Waals surface area contributed by atoms with Crippen LogP contribution in [0.2, 0.25) is 0 Å². The van der Waals surface area contributed by atoms with Crippen LogP contribution in [-0.2, 0) is 9.59 Å². The van der Waals surface area contributed by atoms with E-state index in [-0.39, 0.29) is 6.54 Å². The Bertz CT molecular complexity index is 319. The van der Waals surface area contributed by atoms with Crippen LogP contribution >= 0.6 is 0 Å². The van der Waals surface area contributed by atoms with Crippen molar-refractivity contribution in [2.75, 3.05) is 6.54 Å². The van der Waals surface area contributed by atoms with Crippen molar-refractivity contribution in [3.63, 3.8) is 0 Å². The fourth-order valence-electron chi connectivity index (χ4n) is 0.824. The molecule has 7 nitrogen and oxygen atoms in total. The van der Waals surface area contributed by atoms with Crippen molar-refractivity contribution in [2.24, 2.45) is 9.98 Å². The maximum absolute atomic E-state index is 10.4. The summed E-state index contributed by atoms with van der Waals surface area (Å²) in [5.41, 5.74) is -1.34. The number of hydrogen-bond acceptors (Lipinski definition) is 5. The molecule has 0 spiro atoms. The summed E-state index contributed by atoms with van der Waals surface area (Å²) in [6.45, 7) is -0.224. The van der Waals surface area contributed by atoms with E-state index in [1.807, 2.05) is 0 Å². The molecule has 1 aliphatic rings. The molecule has 1 rings (SSSR count). The van der Waals surface area contributed by atoms with Gasteiger partial charge in [0, 0.05) is 0 Å². The Kier molecular flexibility index (Phi) is 2.38. The molecule has 1 aliphatic heterocycles. The molecule has 0 amide bonds. The molecular weight excluding hydrogens is 180 g/mol. The number of hydrogen-bond donors (Lipinski definition) is 3. The van der Waals surface area contributed by atoms with E-state index >= 15 is 0 Å². The molecular formula is C6H6N2O5. The number of aliphatic imine (C=N–C) groups is 2. The van der Waals surface area contributed by atoms with Gasteiger partial charge in [0.2, 0.25) is 0 Å². The summed E-state index contributed by atoms with van der Waals surface area (Å²) in [6, 6.07) is 0. The Balaban J connectivity index is 3.04. The number of nitrogens with zero attached hydrogens (tertiary/aromatic N) is 2. The van der Waals surface area contributed by atoms with Gasteiger partial charge in [0.15, 0.2) is 17.7 Å². The Labute approximate surface area is 72.1 Å². The Hall–Kier alpha value is -1.76. The molecule has 0 aromatic heterocycles. The first kappa shape index (κ1) is 9.33. The monoisotopic (exact) mass is 186 g/mol. The highest BCUT2D eigenvalue weighted by molar-refractivity contribution is 6.79. The van der Waals surface area contributed by atoms with Gasteiger partial charge in [-0.3, -0.25) is 4.99 Å². The van der Waals surface area contributed by atoms with Gasteiger partial charge in [-0.15, -0.1) is 0 Å². The second kappa shape index (κ2) is 3.31. The summed E-state index contributed by atoms with van der Waals surface area (Å²) >= 11 is 0. The molecule has 0 aromatic rings. The van der Waals surface area contributed by atoms with Crippen LogP contribution in [0.4, 0.5) is 0 Å². The summed E-state index contributed by atoms with van der Waals surface area (Å²) < 4.78 is 0. The van der Waals surface area contributed by atoms with Crippen LogP contribution in [0.25, 0.3) is 0 Å². The maximum atomic E-state index is 10.4. The zero-order chi connectivity index (χ0) is 10.0. The minimum Gasteiger partial charge on any atom is -0.476 e. The van der Waals surface area contributed by atoms with Gasteiger partial charge in [-0.2, -0.15) is 0 Å². The van der Waals surface area contributed by atoms with Gasteiger partial charge < -0.3 is 15.3 Å². The number of rotatable bonds is 2. The molecule has 0 radical (unpaired) electrons. The third-order valence-corrected chi connectivity index (χ3v) is 1.32. The van der Waals surface area contributed by atoms with E-state index in [0.717, 1.165) is 0 Å². The molecule has 0 aliphatic carbocycles. The van der Waals surface area contributed by atoms with E-state index in [1.165, 1.54) is 0 Å². The number of carboxylic acids is 2. The molecule has 1 unspecified atom stereocenters. The molecule has 13 heavy (non-hydrogen) atoms. The van der Waals surface area contributed by atoms with Crippen molar-refractivity contribution in [3.8, 4) is 0 Å². The van der Waals surface area contributed by atoms with E-state index in [2.05, 4.69) is 9.98 Å². The van der Waals surface area contributed by atoms with Crippen LogP contribution in [-0.4, -0.2) is 51.5 Å². The average Bonchev–Trinajstić information content (AvgIpc) is 2.03. The zero-order valence-corrected chi connectivity index (χ0v) is 6.34. The summed E-state index contributed by atoms with van der Waals surface area (Å²) in [4.78, 5) is 27.5. The van der Waals surface area contributed by atoms with Gasteiger partial charge in [-0.1, -0.05) is 0 Å². The normalized spacial score (nSPS) is 21.8. The molecule has 0 aromatic carbocycles. The predicted molar refractivity (Wildman–Crippen MR) is 41.0 cm³/mol. The number of aliphatic hydroxyl groups is 1. The van der Waals surface area contributed by atoms with Crippen LogP contribution in [0.5, 0.6) is 0 Å². The van der Waals surface area contributed by atoms with Gasteiger partial charge in [0.25, 0.3) is 0 Å². The van der Waals surface area contributed by atoms with Crippen LogP contribution < -0.4 is 0 Å². The fraction of sp³-hybridized carbons (Fsp3) is 0.333. The molecule has 1 atom stereocenters. The first-order valence-corrected chi connectivity index (χ1v) is 3.29. The third kappa shape index (κ3) is 1.88. The number of aliphatic hydroxyl groups excluding tert-OH is 1. The number of carboxylic acid groups (broad SMARTS) is 2. The molecule has 0 bridgehead atoms. The Morgan fingerprint density at radius 2 is 1.77 bits per heavy atom. The molecule has 0 saturated heterocycles. The van der Waals surface area contributed by atoms with Crippen molar-refractivity contribution in [2.45, 2.75) is 6.23 Å². The van der Waals surface area contributed by atoms with Gasteiger partial charge >= 0.3 is 11.9 Å². The van der Waals surface area contributed by atoms with Crippen molar-refractivity contribution < 1.29 is 24.9 Å². The van der Waals surface area contributed by atoms with Gasteiger partial charge in [-0.25, -0.2) is 14.6 Å². The lowest BCUT2D eigenvalue weighted by Crippen LogP contribution is -2.36. The molecule has 1 heterocycles. The fourth-order valence-corrected chi connectivity index (χ4v) is 0.824. The first-order valence-electron chi connectivity index (χ1n) is 3.29. The van der Waals surface area contributed by atoms with Crippen LogP contribution in [0.3, 0.4) is 0 Å². The highest BCUT2D eigenvalue weighted by Crippen LogP contribution is 2.00. The van der Waals surface area contributed by atoms with Gasteiger partial charge in [-0.05, 0) is 0 Å². The second-order valence-corrected chi connectivity index (χ2v) is 2.26. The Morgan fingerprint density at radius 1 is 1.23 bits per heavy atom. The van der Waals surface area contributed by atoms with E-state index in [1.54, 1.807) is 0 Å². The minimum atomic E-state index is -1.51. The van der Waals surface area contributed by atoms with E-state index in [0.29, 0.717) is 0 Å². The van der Waals surface area contributed by atoms with E-state index in [9.17, 15) is 9.59 Å². The van der Waals surface area contributed by atoms with Crippen LogP contribution in [0.15, 0.2) is 9.98 Å². The summed E-state index contributed by atoms with van der Waals surface area (Å²) in [5, 5.41) is 25.9. The number of aliphatic carboxylic acids is 2. The lowest BCUT2D eigenvalue weighted by Gasteiger charge is -2.11. The first-order chi connectivity index (χ1) is 6.02. The van der Waals surface area contributed by atoms with Crippen molar-refractivity contribution in [3.05, 3.63) is 0 Å². The predicted octanol–water partition coefficient (Wildman–Crippen LogP) is -1.63. The van der Waals surface area contributed by atoms with Gasteiger partial charge in [0.05, 0.1) is 6.54 Å². The molecule has 0 fully saturated rings. The molecule has 0 saturated carbocycles. The summed E-state index contributed by atoms with van der Waals surface area (Å²) in [5.74, 6) is -2.98. The topological polar surface area (TPSA) is 120 Å². The summed E-state index contributed by atoms with van der Waals surface area (Å²) in [7, 11) is 0. The third-order valence-electron chi connectivity index (χ3n) is 1.32.